The van der Waals surface area contributed by atoms with Crippen LogP contribution in [-0.4, -0.2) is 52.7 Å². The largest absolute Gasteiger partial charge is 0.508 e. The van der Waals surface area contributed by atoms with Gasteiger partial charge < -0.3 is 14.6 Å². The molecule has 1 aliphatic rings. The van der Waals surface area contributed by atoms with Gasteiger partial charge in [0.15, 0.2) is 0 Å². The van der Waals surface area contributed by atoms with Gasteiger partial charge in [0.2, 0.25) is 0 Å². The van der Waals surface area contributed by atoms with Gasteiger partial charge in [-0.05, 0) is 39.1 Å². The van der Waals surface area contributed by atoms with Crippen LogP contribution in [0, 0.1) is 0 Å². The van der Waals surface area contributed by atoms with Crippen molar-refractivity contribution in [2.24, 2.45) is 0 Å². The van der Waals surface area contributed by atoms with Crippen molar-refractivity contribution in [3.63, 3.8) is 0 Å². The van der Waals surface area contributed by atoms with E-state index >= 15 is 0 Å². The van der Waals surface area contributed by atoms with Gasteiger partial charge in [-0.3, -0.25) is 4.90 Å². The molecule has 0 atom stereocenters. The molecular weight excluding hydrogens is 262 g/mol. The first kappa shape index (κ1) is 14.4. The predicted octanol–water partition coefficient (Wildman–Crippen LogP) is 2.68. The molecule has 21 heavy (non-hydrogen) atoms. The molecule has 0 aliphatic carbocycles. The minimum atomic E-state index is 0.341. The van der Waals surface area contributed by atoms with Crippen LogP contribution in [-0.2, 0) is 6.54 Å². The third-order valence-electron chi connectivity index (χ3n) is 4.40. The Bertz CT molecular complexity index is 624. The molecule has 3 rings (SSSR count). The molecule has 0 radical (unpaired) electrons. The summed E-state index contributed by atoms with van der Waals surface area (Å²) < 4.78 is 2.35. The van der Waals surface area contributed by atoms with Crippen LogP contribution in [0.2, 0.25) is 0 Å². The second-order valence-electron chi connectivity index (χ2n) is 6.42. The summed E-state index contributed by atoms with van der Waals surface area (Å²) in [5.74, 6) is 0.341. The third-order valence-corrected chi connectivity index (χ3v) is 4.40. The lowest BCUT2D eigenvalue weighted by Crippen LogP contribution is -2.44. The number of phenolic OH excluding ortho intramolecular Hbond substituents is 1. The van der Waals surface area contributed by atoms with Crippen LogP contribution in [0.4, 0.5) is 0 Å². The number of likely N-dealkylation sites (N-methyl/N-ethyl adjacent to an activating group) is 1. The minimum Gasteiger partial charge on any atom is -0.508 e. The first-order valence-corrected chi connectivity index (χ1v) is 7.78. The number of hydrogen-bond donors (Lipinski definition) is 1. The molecule has 4 nitrogen and oxygen atoms in total. The summed E-state index contributed by atoms with van der Waals surface area (Å²) in [5.41, 5.74) is 2.48. The maximum atomic E-state index is 9.77. The fraction of sp³-hybridized carbons (Fsp3) is 0.529. The van der Waals surface area contributed by atoms with Crippen LogP contribution in [0.15, 0.2) is 24.3 Å². The molecule has 2 aromatic rings. The lowest BCUT2D eigenvalue weighted by Gasteiger charge is -2.32. The van der Waals surface area contributed by atoms with Crippen LogP contribution in [0.1, 0.15) is 25.6 Å². The van der Waals surface area contributed by atoms with Gasteiger partial charge in [0.1, 0.15) is 5.75 Å². The van der Waals surface area contributed by atoms with Gasteiger partial charge in [0, 0.05) is 55.9 Å². The molecule has 0 spiro atoms. The zero-order valence-electron chi connectivity index (χ0n) is 13.2. The van der Waals surface area contributed by atoms with Gasteiger partial charge in [0.25, 0.3) is 0 Å². The van der Waals surface area contributed by atoms with Crippen molar-refractivity contribution < 1.29 is 5.11 Å². The second-order valence-corrected chi connectivity index (χ2v) is 6.42. The molecule has 2 heterocycles. The van der Waals surface area contributed by atoms with Crippen LogP contribution in [0.5, 0.6) is 5.75 Å². The molecule has 114 valence electrons. The van der Waals surface area contributed by atoms with Crippen molar-refractivity contribution in [1.82, 2.24) is 14.4 Å². The topological polar surface area (TPSA) is 31.6 Å². The zero-order chi connectivity index (χ0) is 15.0. The van der Waals surface area contributed by atoms with E-state index in [0.29, 0.717) is 11.8 Å². The molecule has 1 aromatic heterocycles. The van der Waals surface area contributed by atoms with Crippen molar-refractivity contribution in [1.29, 1.82) is 0 Å². The fourth-order valence-corrected chi connectivity index (χ4v) is 3.23. The molecule has 1 aromatic carbocycles. The Morgan fingerprint density at radius 1 is 1.10 bits per heavy atom. The SMILES string of the molecule is CC(C)n1c(CN2CCN(C)CC2)cc2ccc(O)cc21. The standard InChI is InChI=1S/C17H25N3O/c1-13(2)20-15(12-19-8-6-18(3)7-9-19)10-14-4-5-16(21)11-17(14)20/h4-5,10-11,13,21H,6-9,12H2,1-3H3. The highest BCUT2D eigenvalue weighted by molar-refractivity contribution is 5.83. The lowest BCUT2D eigenvalue weighted by molar-refractivity contribution is 0.145. The number of fused-ring (bicyclic) bond motifs is 1. The molecule has 0 bridgehead atoms. The first-order valence-electron chi connectivity index (χ1n) is 7.78. The molecule has 1 N–H and O–H groups in total. The number of hydrogen-bond acceptors (Lipinski definition) is 3. The van der Waals surface area contributed by atoms with Gasteiger partial charge in [-0.25, -0.2) is 0 Å². The average Bonchev–Trinajstić information content (AvgIpc) is 2.78. The smallest absolute Gasteiger partial charge is 0.117 e. The number of aromatic nitrogens is 1. The normalized spacial score (nSPS) is 17.9. The van der Waals surface area contributed by atoms with Crippen molar-refractivity contribution in [2.45, 2.75) is 26.4 Å². The van der Waals surface area contributed by atoms with E-state index in [4.69, 9.17) is 0 Å². The average molecular weight is 287 g/mol. The predicted molar refractivity (Wildman–Crippen MR) is 86.8 cm³/mol. The van der Waals surface area contributed by atoms with E-state index in [1.165, 1.54) is 11.1 Å². The summed E-state index contributed by atoms with van der Waals surface area (Å²) in [6.45, 7) is 9.93. The summed E-state index contributed by atoms with van der Waals surface area (Å²) in [5, 5.41) is 11.0. The van der Waals surface area contributed by atoms with Gasteiger partial charge in [0.05, 0.1) is 5.52 Å². The Hall–Kier alpha value is -1.52. The lowest BCUT2D eigenvalue weighted by atomic mass is 10.2. The Labute approximate surface area is 126 Å². The molecular formula is C17H25N3O. The quantitative estimate of drug-likeness (QED) is 0.942. The highest BCUT2D eigenvalue weighted by Gasteiger charge is 2.18. The second kappa shape index (κ2) is 5.70. The highest BCUT2D eigenvalue weighted by atomic mass is 16.3. The van der Waals surface area contributed by atoms with Crippen molar-refractivity contribution in [3.05, 3.63) is 30.0 Å². The van der Waals surface area contributed by atoms with E-state index in [9.17, 15) is 5.11 Å². The number of aromatic hydroxyl groups is 1. The van der Waals surface area contributed by atoms with E-state index in [1.54, 1.807) is 6.07 Å². The number of phenols is 1. The van der Waals surface area contributed by atoms with E-state index < -0.39 is 0 Å². The summed E-state index contributed by atoms with van der Waals surface area (Å²) in [6, 6.07) is 8.33. The molecule has 4 heteroatoms. The molecule has 0 unspecified atom stereocenters. The maximum absolute atomic E-state index is 9.77. The number of benzene rings is 1. The molecule has 1 aliphatic heterocycles. The Morgan fingerprint density at radius 2 is 1.81 bits per heavy atom. The van der Waals surface area contributed by atoms with Crippen molar-refractivity contribution >= 4 is 10.9 Å². The Morgan fingerprint density at radius 3 is 2.48 bits per heavy atom. The molecule has 0 saturated carbocycles. The summed E-state index contributed by atoms with van der Waals surface area (Å²) >= 11 is 0. The van der Waals surface area contributed by atoms with Crippen molar-refractivity contribution in [2.75, 3.05) is 33.2 Å². The number of piperazine rings is 1. The van der Waals surface area contributed by atoms with Crippen LogP contribution < -0.4 is 0 Å². The van der Waals surface area contributed by atoms with Crippen LogP contribution in [0.25, 0.3) is 10.9 Å². The van der Waals surface area contributed by atoms with Crippen molar-refractivity contribution in [3.8, 4) is 5.75 Å². The summed E-state index contributed by atoms with van der Waals surface area (Å²) in [7, 11) is 2.19. The third kappa shape index (κ3) is 2.92. The fourth-order valence-electron chi connectivity index (χ4n) is 3.23. The maximum Gasteiger partial charge on any atom is 0.117 e. The number of rotatable bonds is 3. The van der Waals surface area contributed by atoms with Gasteiger partial charge in [-0.2, -0.15) is 0 Å². The Balaban J connectivity index is 1.92. The first-order chi connectivity index (χ1) is 10.0. The van der Waals surface area contributed by atoms with E-state index in [2.05, 4.69) is 41.3 Å². The zero-order valence-corrected chi connectivity index (χ0v) is 13.2. The monoisotopic (exact) mass is 287 g/mol. The highest BCUT2D eigenvalue weighted by Crippen LogP contribution is 2.28. The molecule has 1 fully saturated rings. The molecule has 0 amide bonds. The van der Waals surface area contributed by atoms with Gasteiger partial charge >= 0.3 is 0 Å². The van der Waals surface area contributed by atoms with E-state index in [-0.39, 0.29) is 0 Å². The minimum absolute atomic E-state index is 0.341. The number of nitrogens with zero attached hydrogens (tertiary/aromatic N) is 3. The van der Waals surface area contributed by atoms with E-state index in [1.807, 2.05) is 12.1 Å². The Kier molecular flexibility index (Phi) is 3.91. The van der Waals surface area contributed by atoms with Gasteiger partial charge in [-0.15, -0.1) is 0 Å². The molecule has 1 saturated heterocycles. The summed E-state index contributed by atoms with van der Waals surface area (Å²) in [4.78, 5) is 4.90. The van der Waals surface area contributed by atoms with Gasteiger partial charge in [-0.1, -0.05) is 0 Å². The van der Waals surface area contributed by atoms with Crippen LogP contribution >= 0.6 is 0 Å². The summed E-state index contributed by atoms with van der Waals surface area (Å²) in [6.07, 6.45) is 0. The van der Waals surface area contributed by atoms with Crippen LogP contribution in [0.3, 0.4) is 0 Å². The van der Waals surface area contributed by atoms with E-state index in [0.717, 1.165) is 38.2 Å².